The average molecular weight is 588 g/mol. The molecule has 0 aliphatic rings. The molecule has 0 aromatic heterocycles. The highest BCUT2D eigenvalue weighted by Crippen LogP contribution is 2.33. The summed E-state index contributed by atoms with van der Waals surface area (Å²) in [4.78, 5) is 29.2. The van der Waals surface area contributed by atoms with E-state index in [0.717, 1.165) is 38.4 Å². The van der Waals surface area contributed by atoms with Crippen LogP contribution in [-0.4, -0.2) is 35.4 Å². The molecule has 39 heavy (non-hydrogen) atoms. The van der Waals surface area contributed by atoms with Gasteiger partial charge in [-0.15, -0.1) is 0 Å². The molecule has 0 spiro atoms. The van der Waals surface area contributed by atoms with Gasteiger partial charge in [-0.1, -0.05) is 91.9 Å². The fraction of sp³-hybridized carbons (Fsp3) is 0.273. The molecule has 5 nitrogen and oxygen atoms in total. The molecule has 4 rings (SSSR count). The Bertz CT molecular complexity index is 1420. The molecule has 0 radical (unpaired) electrons. The lowest BCUT2D eigenvalue weighted by Crippen LogP contribution is -2.53. The summed E-state index contributed by atoms with van der Waals surface area (Å²) >= 11 is 3.65. The highest BCUT2D eigenvalue weighted by atomic mass is 79.9. The molecule has 0 unspecified atom stereocenters. The highest BCUT2D eigenvalue weighted by molar-refractivity contribution is 9.10. The van der Waals surface area contributed by atoms with Crippen LogP contribution in [0.2, 0.25) is 0 Å². The van der Waals surface area contributed by atoms with Crippen LogP contribution in [0.5, 0.6) is 5.75 Å². The zero-order chi connectivity index (χ0) is 27.8. The van der Waals surface area contributed by atoms with E-state index in [1.165, 1.54) is 0 Å². The van der Waals surface area contributed by atoms with Crippen LogP contribution in [0, 0.1) is 6.92 Å². The second-order valence-electron chi connectivity index (χ2n) is 9.86. The van der Waals surface area contributed by atoms with Gasteiger partial charge in [-0.25, -0.2) is 0 Å². The number of hydrogen-bond acceptors (Lipinski definition) is 3. The molecule has 2 amide bonds. The van der Waals surface area contributed by atoms with Crippen molar-refractivity contribution in [2.75, 3.05) is 6.61 Å². The van der Waals surface area contributed by atoms with Crippen LogP contribution in [0.3, 0.4) is 0 Å². The molecule has 0 aliphatic heterocycles. The third-order valence-corrected chi connectivity index (χ3v) is 7.87. The summed E-state index contributed by atoms with van der Waals surface area (Å²) < 4.78 is 6.87. The van der Waals surface area contributed by atoms with Crippen molar-refractivity contribution in [1.82, 2.24) is 10.2 Å². The van der Waals surface area contributed by atoms with E-state index in [9.17, 15) is 9.59 Å². The fourth-order valence-corrected chi connectivity index (χ4v) is 5.12. The molecule has 1 N–H and O–H groups in total. The second kappa shape index (κ2) is 13.4. The van der Waals surface area contributed by atoms with Crippen molar-refractivity contribution in [2.24, 2.45) is 0 Å². The second-order valence-corrected chi connectivity index (χ2v) is 10.7. The molecule has 4 aromatic carbocycles. The van der Waals surface area contributed by atoms with E-state index < -0.39 is 6.04 Å². The van der Waals surface area contributed by atoms with Gasteiger partial charge in [0.2, 0.25) is 5.91 Å². The van der Waals surface area contributed by atoms with Crippen molar-refractivity contribution in [2.45, 2.75) is 52.2 Å². The molecule has 0 saturated carbocycles. The first-order valence-electron chi connectivity index (χ1n) is 13.4. The van der Waals surface area contributed by atoms with Crippen LogP contribution >= 0.6 is 15.9 Å². The number of benzene rings is 4. The van der Waals surface area contributed by atoms with Gasteiger partial charge in [0.25, 0.3) is 5.91 Å². The summed E-state index contributed by atoms with van der Waals surface area (Å²) in [5.41, 5.74) is 3.05. The number of hydrogen-bond donors (Lipinski definition) is 1. The van der Waals surface area contributed by atoms with Crippen LogP contribution < -0.4 is 10.1 Å². The Balaban J connectivity index is 1.65. The molecule has 0 bridgehead atoms. The van der Waals surface area contributed by atoms with Crippen molar-refractivity contribution in [3.8, 4) is 5.75 Å². The number of carbonyl (C=O) groups excluding carboxylic acids is 2. The molecule has 0 fully saturated rings. The van der Waals surface area contributed by atoms with E-state index in [-0.39, 0.29) is 24.5 Å². The normalized spacial score (nSPS) is 12.5. The number of amides is 2. The summed E-state index contributed by atoms with van der Waals surface area (Å²) in [5, 5.41) is 5.19. The first kappa shape index (κ1) is 28.4. The molecular weight excluding hydrogens is 552 g/mol. The Morgan fingerprint density at radius 2 is 1.62 bits per heavy atom. The van der Waals surface area contributed by atoms with Crippen LogP contribution in [0.25, 0.3) is 10.8 Å². The lowest BCUT2D eigenvalue weighted by molar-refractivity contribution is -0.143. The lowest BCUT2D eigenvalue weighted by atomic mass is 10.0. The van der Waals surface area contributed by atoms with Gasteiger partial charge >= 0.3 is 0 Å². The summed E-state index contributed by atoms with van der Waals surface area (Å²) in [6.07, 6.45) is 1.20. The number of ether oxygens (including phenoxy) is 1. The van der Waals surface area contributed by atoms with Crippen LogP contribution in [0.15, 0.2) is 95.5 Å². The van der Waals surface area contributed by atoms with Gasteiger partial charge in [0.05, 0.1) is 4.47 Å². The Morgan fingerprint density at radius 3 is 2.36 bits per heavy atom. The number of carbonyl (C=O) groups is 2. The van der Waals surface area contributed by atoms with Crippen molar-refractivity contribution >= 4 is 38.5 Å². The third kappa shape index (κ3) is 7.27. The maximum absolute atomic E-state index is 13.9. The topological polar surface area (TPSA) is 58.6 Å². The van der Waals surface area contributed by atoms with E-state index in [4.69, 9.17) is 4.74 Å². The highest BCUT2D eigenvalue weighted by Gasteiger charge is 2.31. The fourth-order valence-electron chi connectivity index (χ4n) is 4.51. The number of nitrogens with one attached hydrogen (secondary N) is 1. The van der Waals surface area contributed by atoms with E-state index in [2.05, 4.69) is 21.2 Å². The maximum atomic E-state index is 13.9. The predicted octanol–water partition coefficient (Wildman–Crippen LogP) is 6.84. The van der Waals surface area contributed by atoms with Gasteiger partial charge in [-0.05, 0) is 69.7 Å². The minimum Gasteiger partial charge on any atom is -0.483 e. The van der Waals surface area contributed by atoms with E-state index >= 15 is 0 Å². The number of fused-ring (bicyclic) bond motifs is 1. The minimum absolute atomic E-state index is 0.00371. The Labute approximate surface area is 239 Å². The van der Waals surface area contributed by atoms with Crippen molar-refractivity contribution in [3.63, 3.8) is 0 Å². The van der Waals surface area contributed by atoms with E-state index in [1.807, 2.05) is 112 Å². The number of rotatable bonds is 11. The first-order valence-corrected chi connectivity index (χ1v) is 14.1. The predicted molar refractivity (Wildman–Crippen MR) is 161 cm³/mol. The van der Waals surface area contributed by atoms with E-state index in [0.29, 0.717) is 18.7 Å². The number of aryl methyl sites for hydroxylation is 1. The Morgan fingerprint density at radius 1 is 0.923 bits per heavy atom. The summed E-state index contributed by atoms with van der Waals surface area (Å²) in [6, 6.07) is 28.9. The number of halogens is 1. The van der Waals surface area contributed by atoms with Crippen LogP contribution in [-0.2, 0) is 22.6 Å². The average Bonchev–Trinajstić information content (AvgIpc) is 2.95. The lowest BCUT2D eigenvalue weighted by Gasteiger charge is -2.32. The summed E-state index contributed by atoms with van der Waals surface area (Å²) in [6.45, 7) is 6.14. The SMILES string of the molecule is CC[C@H](C)NC(=O)[C@H](Cc1ccccc1)N(Cc1ccccc1C)C(=O)COc1ccc2ccccc2c1Br. The van der Waals surface area contributed by atoms with Gasteiger partial charge in [-0.2, -0.15) is 0 Å². The molecule has 6 heteroatoms. The van der Waals surface area contributed by atoms with Gasteiger partial charge in [0.15, 0.2) is 6.61 Å². The molecule has 0 aliphatic carbocycles. The van der Waals surface area contributed by atoms with Gasteiger partial charge in [0, 0.05) is 19.0 Å². The summed E-state index contributed by atoms with van der Waals surface area (Å²) in [7, 11) is 0. The largest absolute Gasteiger partial charge is 0.483 e. The third-order valence-electron chi connectivity index (χ3n) is 7.05. The van der Waals surface area contributed by atoms with Gasteiger partial charge < -0.3 is 15.0 Å². The number of nitrogens with zero attached hydrogens (tertiary/aromatic N) is 1. The van der Waals surface area contributed by atoms with Crippen molar-refractivity contribution in [3.05, 3.63) is 112 Å². The Kier molecular flexibility index (Phi) is 9.77. The van der Waals surface area contributed by atoms with Crippen molar-refractivity contribution < 1.29 is 14.3 Å². The monoisotopic (exact) mass is 586 g/mol. The Hall–Kier alpha value is -3.64. The molecule has 2 atom stereocenters. The molecule has 0 saturated heterocycles. The van der Waals surface area contributed by atoms with Crippen molar-refractivity contribution in [1.29, 1.82) is 0 Å². The van der Waals surface area contributed by atoms with Crippen LogP contribution in [0.4, 0.5) is 0 Å². The molecule has 202 valence electrons. The summed E-state index contributed by atoms with van der Waals surface area (Å²) in [5.74, 6) is 0.169. The minimum atomic E-state index is -0.697. The van der Waals surface area contributed by atoms with Gasteiger partial charge in [-0.3, -0.25) is 9.59 Å². The van der Waals surface area contributed by atoms with Gasteiger partial charge in [0.1, 0.15) is 11.8 Å². The zero-order valence-electron chi connectivity index (χ0n) is 22.7. The first-order chi connectivity index (χ1) is 18.9. The van der Waals surface area contributed by atoms with E-state index in [1.54, 1.807) is 4.90 Å². The zero-order valence-corrected chi connectivity index (χ0v) is 24.3. The standard InChI is InChI=1S/C33H35BrN2O3/c1-4-24(3)35-33(38)29(20-25-13-6-5-7-14-25)36(21-27-16-9-8-12-23(27)2)31(37)22-39-30-19-18-26-15-10-11-17-28(26)32(30)34/h5-19,24,29H,4,20-22H2,1-3H3,(H,35,38)/t24-,29-/m0/s1. The molecule has 4 aromatic rings. The van der Waals surface area contributed by atoms with Crippen LogP contribution in [0.1, 0.15) is 37.0 Å². The smallest absolute Gasteiger partial charge is 0.261 e. The molecular formula is C33H35BrN2O3. The quantitative estimate of drug-likeness (QED) is 0.209. The maximum Gasteiger partial charge on any atom is 0.261 e. The molecule has 0 heterocycles.